The highest BCUT2D eigenvalue weighted by Gasteiger charge is 2.42. The Morgan fingerprint density at radius 1 is 1.07 bits per heavy atom. The number of hydrogen-bond acceptors (Lipinski definition) is 5. The van der Waals surface area contributed by atoms with Gasteiger partial charge in [-0.2, -0.15) is 0 Å². The van der Waals surface area contributed by atoms with Gasteiger partial charge in [0.15, 0.2) is 0 Å². The highest BCUT2D eigenvalue weighted by molar-refractivity contribution is 6.02. The first kappa shape index (κ1) is 32.2. The molecule has 2 fully saturated rings. The number of allylic oxidation sites excluding steroid dienone is 3. The molecular formula is C35H49N3O3. The van der Waals surface area contributed by atoms with Crippen molar-refractivity contribution in [3.63, 3.8) is 0 Å². The minimum atomic E-state index is -0.908. The third kappa shape index (κ3) is 9.64. The number of benzene rings is 1. The number of likely N-dealkylation sites (tertiary alicyclic amines) is 1. The lowest BCUT2D eigenvalue weighted by molar-refractivity contribution is -0.0602. The minimum absolute atomic E-state index is 0.226. The summed E-state index contributed by atoms with van der Waals surface area (Å²) in [5.74, 6) is 0.0407. The van der Waals surface area contributed by atoms with Crippen LogP contribution in [-0.2, 0) is 4.84 Å². The van der Waals surface area contributed by atoms with Crippen molar-refractivity contribution in [2.45, 2.75) is 84.7 Å². The molecule has 0 atom stereocenters. The summed E-state index contributed by atoms with van der Waals surface area (Å²) in [5, 5.41) is 13.6. The summed E-state index contributed by atoms with van der Waals surface area (Å²) in [7, 11) is 0. The summed E-state index contributed by atoms with van der Waals surface area (Å²) in [5.41, 5.74) is 6.38. The van der Waals surface area contributed by atoms with Gasteiger partial charge >= 0.3 is 5.97 Å². The van der Waals surface area contributed by atoms with Crippen LogP contribution in [0.1, 0.15) is 95.0 Å². The predicted molar refractivity (Wildman–Crippen MR) is 169 cm³/mol. The van der Waals surface area contributed by atoms with Crippen molar-refractivity contribution in [1.82, 2.24) is 9.80 Å². The lowest BCUT2D eigenvalue weighted by Crippen LogP contribution is -2.45. The van der Waals surface area contributed by atoms with Gasteiger partial charge in [0.25, 0.3) is 0 Å². The molecule has 1 saturated heterocycles. The second-order valence-corrected chi connectivity index (χ2v) is 11.7. The summed E-state index contributed by atoms with van der Waals surface area (Å²) in [6, 6.07) is 6.96. The maximum absolute atomic E-state index is 11.2. The standard InChI is InChI=1S/C31H41N3O3.C2H6.C2H2/c1-23-4-3-5-24(2)20-34(15-12-25-6-7-25)22-26(18-23)21-33-16-13-31(14-17-33)19-29(32-37-31)27-8-10-28(11-9-27)30(35)36;2*1-2/h4-5,8-11,22,25H,3,6-7,12-21H2,1-2H3,(H,35,36);1-2H3;1-2H/b23-4-,24-5-,26-22+;;. The number of rotatable bonds is 7. The number of hydrogen-bond donors (Lipinski definition) is 1. The van der Waals surface area contributed by atoms with E-state index in [0.29, 0.717) is 5.56 Å². The average molecular weight is 560 g/mol. The Kier molecular flexibility index (Phi) is 12.3. The van der Waals surface area contributed by atoms with E-state index < -0.39 is 5.97 Å². The molecule has 1 aliphatic carbocycles. The van der Waals surface area contributed by atoms with Gasteiger partial charge in [0.1, 0.15) is 5.60 Å². The zero-order valence-corrected chi connectivity index (χ0v) is 25.6. The number of aromatic carboxylic acids is 1. The van der Waals surface area contributed by atoms with Crippen molar-refractivity contribution in [1.29, 1.82) is 0 Å². The van der Waals surface area contributed by atoms with E-state index in [2.05, 4.69) is 60.0 Å². The Morgan fingerprint density at radius 3 is 2.37 bits per heavy atom. The van der Waals surface area contributed by atoms with Gasteiger partial charge in [-0.25, -0.2) is 4.79 Å². The van der Waals surface area contributed by atoms with Crippen molar-refractivity contribution in [3.8, 4) is 12.8 Å². The normalized spacial score (nSPS) is 24.4. The van der Waals surface area contributed by atoms with Crippen molar-refractivity contribution in [2.75, 3.05) is 32.7 Å². The van der Waals surface area contributed by atoms with Gasteiger partial charge in [0.05, 0.1) is 11.3 Å². The van der Waals surface area contributed by atoms with Crippen molar-refractivity contribution >= 4 is 11.7 Å². The molecule has 6 nitrogen and oxygen atoms in total. The molecule has 3 aliphatic heterocycles. The average Bonchev–Trinajstić information content (AvgIpc) is 3.73. The number of carboxylic acids is 1. The van der Waals surface area contributed by atoms with E-state index in [1.807, 2.05) is 26.0 Å². The highest BCUT2D eigenvalue weighted by Crippen LogP contribution is 2.37. The highest BCUT2D eigenvalue weighted by atomic mass is 16.7. The molecule has 1 aromatic rings. The number of nitrogens with zero attached hydrogens (tertiary/aromatic N) is 3. The van der Waals surface area contributed by atoms with Crippen LogP contribution >= 0.6 is 0 Å². The Balaban J connectivity index is 0.00000111. The molecule has 4 aliphatic rings. The summed E-state index contributed by atoms with van der Waals surface area (Å²) in [6.07, 6.45) is 24.2. The molecular weight excluding hydrogens is 510 g/mol. The van der Waals surface area contributed by atoms with Crippen molar-refractivity contribution in [3.05, 3.63) is 70.5 Å². The monoisotopic (exact) mass is 559 g/mol. The molecule has 0 bridgehead atoms. The fourth-order valence-corrected chi connectivity index (χ4v) is 5.78. The largest absolute Gasteiger partial charge is 0.478 e. The van der Waals surface area contributed by atoms with Gasteiger partial charge in [0, 0.05) is 58.2 Å². The molecule has 0 unspecified atom stereocenters. The predicted octanol–water partition coefficient (Wildman–Crippen LogP) is 7.29. The van der Waals surface area contributed by atoms with Gasteiger partial charge in [-0.3, -0.25) is 4.90 Å². The van der Waals surface area contributed by atoms with Crippen LogP contribution in [0.4, 0.5) is 0 Å². The lowest BCUT2D eigenvalue weighted by Gasteiger charge is -2.38. The number of carbonyl (C=O) groups is 1. The van der Waals surface area contributed by atoms with E-state index in [1.165, 1.54) is 36.0 Å². The molecule has 3 heterocycles. The van der Waals surface area contributed by atoms with Crippen molar-refractivity contribution < 1.29 is 14.7 Å². The van der Waals surface area contributed by atoms with Crippen LogP contribution in [0.15, 0.2) is 64.5 Å². The molecule has 6 heteroatoms. The van der Waals surface area contributed by atoms with Gasteiger partial charge in [0.2, 0.25) is 0 Å². The Bertz CT molecular complexity index is 1150. The van der Waals surface area contributed by atoms with Gasteiger partial charge in [-0.05, 0) is 62.3 Å². The van der Waals surface area contributed by atoms with E-state index in [9.17, 15) is 4.79 Å². The molecule has 1 N–H and O–H groups in total. The summed E-state index contributed by atoms with van der Waals surface area (Å²) < 4.78 is 0. The van der Waals surface area contributed by atoms with Crippen LogP contribution < -0.4 is 0 Å². The topological polar surface area (TPSA) is 65.4 Å². The summed E-state index contributed by atoms with van der Waals surface area (Å²) in [6.45, 7) is 13.7. The first-order chi connectivity index (χ1) is 19.9. The zero-order valence-electron chi connectivity index (χ0n) is 25.6. The second-order valence-electron chi connectivity index (χ2n) is 11.7. The van der Waals surface area contributed by atoms with E-state index in [0.717, 1.165) is 82.0 Å². The summed E-state index contributed by atoms with van der Waals surface area (Å²) in [4.78, 5) is 22.4. The van der Waals surface area contributed by atoms with Crippen LogP contribution in [0.2, 0.25) is 0 Å². The van der Waals surface area contributed by atoms with Crippen LogP contribution in [0.5, 0.6) is 0 Å². The van der Waals surface area contributed by atoms with Gasteiger partial charge < -0.3 is 14.8 Å². The molecule has 0 amide bonds. The first-order valence-electron chi connectivity index (χ1n) is 15.3. The Labute approximate surface area is 247 Å². The molecule has 222 valence electrons. The van der Waals surface area contributed by atoms with Gasteiger partial charge in [-0.1, -0.05) is 67.3 Å². The van der Waals surface area contributed by atoms with Crippen LogP contribution in [0.25, 0.3) is 0 Å². The molecule has 1 spiro atoms. The van der Waals surface area contributed by atoms with E-state index in [4.69, 9.17) is 9.94 Å². The number of oxime groups is 1. The summed E-state index contributed by atoms with van der Waals surface area (Å²) >= 11 is 0. The quantitative estimate of drug-likeness (QED) is 0.281. The van der Waals surface area contributed by atoms with E-state index >= 15 is 0 Å². The number of terminal acetylenes is 1. The fourth-order valence-electron chi connectivity index (χ4n) is 5.78. The molecule has 1 saturated carbocycles. The second kappa shape index (κ2) is 15.6. The van der Waals surface area contributed by atoms with Crippen LogP contribution in [-0.4, -0.2) is 64.9 Å². The molecule has 0 aromatic heterocycles. The fraction of sp³-hybridized carbons (Fsp3) is 0.543. The van der Waals surface area contributed by atoms with E-state index in [1.54, 1.807) is 12.1 Å². The maximum atomic E-state index is 11.2. The number of carboxylic acid groups (broad SMARTS) is 1. The third-order valence-electron chi connectivity index (χ3n) is 8.28. The molecule has 1 aromatic carbocycles. The molecule has 0 radical (unpaired) electrons. The maximum Gasteiger partial charge on any atom is 0.335 e. The number of piperidine rings is 1. The minimum Gasteiger partial charge on any atom is -0.478 e. The molecule has 5 rings (SSSR count). The van der Waals surface area contributed by atoms with Gasteiger partial charge in [-0.15, -0.1) is 12.8 Å². The lowest BCUT2D eigenvalue weighted by atomic mass is 9.85. The zero-order chi connectivity index (χ0) is 29.8. The Hall–Kier alpha value is -3.30. The first-order valence-corrected chi connectivity index (χ1v) is 15.3. The molecule has 41 heavy (non-hydrogen) atoms. The van der Waals surface area contributed by atoms with E-state index in [-0.39, 0.29) is 5.60 Å². The Morgan fingerprint density at radius 2 is 1.73 bits per heavy atom. The third-order valence-corrected chi connectivity index (χ3v) is 8.28. The smallest absolute Gasteiger partial charge is 0.335 e. The SMILES string of the molecule is C#C.C/C1=C/C/C=C(/C)CN(CCC2CC2)/C=C(/CN2CCC3(CC2)CC(c2ccc(C(=O)O)cc2)=NO3)C1.CC. The van der Waals surface area contributed by atoms with Crippen molar-refractivity contribution in [2.24, 2.45) is 11.1 Å². The van der Waals surface area contributed by atoms with Crippen LogP contribution in [0, 0.1) is 18.8 Å². The van der Waals surface area contributed by atoms with Crippen LogP contribution in [0.3, 0.4) is 0 Å².